The smallest absolute Gasteiger partial charge is 0.222 e. The van der Waals surface area contributed by atoms with Gasteiger partial charge >= 0.3 is 0 Å². The Bertz CT molecular complexity index is 586. The van der Waals surface area contributed by atoms with E-state index in [1.54, 1.807) is 19.1 Å². The fourth-order valence-corrected chi connectivity index (χ4v) is 3.31. The van der Waals surface area contributed by atoms with Crippen LogP contribution in [0.5, 0.6) is 11.5 Å². The second kappa shape index (κ2) is 9.78. The SMILES string of the molecule is COc1ccc(CN(C)C(=O)CC[C@H](C)N2CCN(C)CC2)cc1OC. The fourth-order valence-electron chi connectivity index (χ4n) is 3.31. The number of hydrogen-bond donors (Lipinski definition) is 0. The maximum atomic E-state index is 12.5. The topological polar surface area (TPSA) is 45.2 Å². The van der Waals surface area contributed by atoms with Crippen LogP contribution in [0.4, 0.5) is 0 Å². The number of likely N-dealkylation sites (N-methyl/N-ethyl adjacent to an activating group) is 1. The Hall–Kier alpha value is -1.79. The highest BCUT2D eigenvalue weighted by Crippen LogP contribution is 2.28. The summed E-state index contributed by atoms with van der Waals surface area (Å²) in [5.41, 5.74) is 1.03. The van der Waals surface area contributed by atoms with Crippen molar-refractivity contribution in [2.75, 3.05) is 54.5 Å². The van der Waals surface area contributed by atoms with Crippen LogP contribution in [0.3, 0.4) is 0 Å². The summed E-state index contributed by atoms with van der Waals surface area (Å²) in [5.74, 6) is 1.57. The number of methoxy groups -OCH3 is 2. The molecule has 6 nitrogen and oxygen atoms in total. The van der Waals surface area contributed by atoms with Crippen molar-refractivity contribution in [3.8, 4) is 11.5 Å². The molecule has 6 heteroatoms. The lowest BCUT2D eigenvalue weighted by Gasteiger charge is -2.36. The van der Waals surface area contributed by atoms with Gasteiger partial charge in [0.15, 0.2) is 11.5 Å². The van der Waals surface area contributed by atoms with Gasteiger partial charge in [-0.1, -0.05) is 6.07 Å². The standard InChI is InChI=1S/C20H33N3O3/c1-16(23-12-10-21(2)11-13-23)6-9-20(24)22(3)15-17-7-8-18(25-4)19(14-17)26-5/h7-8,14,16H,6,9-13,15H2,1-5H3/t16-/m0/s1. The van der Waals surface area contributed by atoms with Gasteiger partial charge in [-0.3, -0.25) is 9.69 Å². The summed E-state index contributed by atoms with van der Waals surface area (Å²) in [6.07, 6.45) is 1.48. The Labute approximate surface area is 157 Å². The first-order valence-corrected chi connectivity index (χ1v) is 9.32. The van der Waals surface area contributed by atoms with Crippen LogP contribution in [0.1, 0.15) is 25.3 Å². The van der Waals surface area contributed by atoms with Gasteiger partial charge in [0.05, 0.1) is 14.2 Å². The first kappa shape index (κ1) is 20.5. The highest BCUT2D eigenvalue weighted by Gasteiger charge is 2.20. The molecule has 0 saturated carbocycles. The third kappa shape index (κ3) is 5.61. The van der Waals surface area contributed by atoms with Gasteiger partial charge in [0, 0.05) is 52.2 Å². The minimum absolute atomic E-state index is 0.181. The van der Waals surface area contributed by atoms with E-state index in [9.17, 15) is 4.79 Å². The Morgan fingerprint density at radius 2 is 1.81 bits per heavy atom. The lowest BCUT2D eigenvalue weighted by molar-refractivity contribution is -0.130. The van der Waals surface area contributed by atoms with Crippen molar-refractivity contribution in [3.05, 3.63) is 23.8 Å². The molecule has 1 fully saturated rings. The van der Waals surface area contributed by atoms with Crippen molar-refractivity contribution >= 4 is 5.91 Å². The molecule has 1 atom stereocenters. The zero-order valence-electron chi connectivity index (χ0n) is 16.8. The molecular weight excluding hydrogens is 330 g/mol. The van der Waals surface area contributed by atoms with E-state index in [0.717, 1.165) is 38.2 Å². The van der Waals surface area contributed by atoms with Crippen molar-refractivity contribution in [2.24, 2.45) is 0 Å². The molecule has 26 heavy (non-hydrogen) atoms. The second-order valence-electron chi connectivity index (χ2n) is 7.17. The molecule has 0 unspecified atom stereocenters. The Kier molecular flexibility index (Phi) is 7.72. The third-order valence-corrected chi connectivity index (χ3v) is 5.23. The molecule has 0 N–H and O–H groups in total. The van der Waals surface area contributed by atoms with Crippen LogP contribution >= 0.6 is 0 Å². The van der Waals surface area contributed by atoms with Crippen LogP contribution in [0.2, 0.25) is 0 Å². The zero-order valence-corrected chi connectivity index (χ0v) is 16.8. The number of nitrogens with zero attached hydrogens (tertiary/aromatic N) is 3. The van der Waals surface area contributed by atoms with Crippen LogP contribution in [0, 0.1) is 0 Å². The molecule has 1 heterocycles. The molecule has 1 aliphatic rings. The quantitative estimate of drug-likeness (QED) is 0.708. The molecule has 0 spiro atoms. The van der Waals surface area contributed by atoms with Gasteiger partial charge < -0.3 is 19.3 Å². The van der Waals surface area contributed by atoms with Crippen LogP contribution in [-0.2, 0) is 11.3 Å². The number of carbonyl (C=O) groups is 1. The molecule has 2 rings (SSSR count). The lowest BCUT2D eigenvalue weighted by atomic mass is 10.1. The summed E-state index contributed by atoms with van der Waals surface area (Å²) in [7, 11) is 7.26. The van der Waals surface area contributed by atoms with Gasteiger partial charge in [0.1, 0.15) is 0 Å². The normalized spacial score (nSPS) is 17.0. The molecule has 1 saturated heterocycles. The van der Waals surface area contributed by atoms with Gasteiger partial charge in [-0.25, -0.2) is 0 Å². The minimum atomic E-state index is 0.181. The Morgan fingerprint density at radius 3 is 2.42 bits per heavy atom. The second-order valence-corrected chi connectivity index (χ2v) is 7.17. The summed E-state index contributed by atoms with van der Waals surface area (Å²) < 4.78 is 10.6. The monoisotopic (exact) mass is 363 g/mol. The van der Waals surface area contributed by atoms with E-state index < -0.39 is 0 Å². The number of benzene rings is 1. The van der Waals surface area contributed by atoms with Crippen LogP contribution in [0.15, 0.2) is 18.2 Å². The lowest BCUT2D eigenvalue weighted by Crippen LogP contribution is -2.48. The maximum Gasteiger partial charge on any atom is 0.222 e. The molecule has 1 aliphatic heterocycles. The number of rotatable bonds is 8. The summed E-state index contributed by atoms with van der Waals surface area (Å²) >= 11 is 0. The number of amides is 1. The maximum absolute atomic E-state index is 12.5. The van der Waals surface area contributed by atoms with Crippen molar-refractivity contribution in [1.82, 2.24) is 14.7 Å². The molecule has 1 aromatic rings. The number of piperazine rings is 1. The first-order chi connectivity index (χ1) is 12.4. The summed E-state index contributed by atoms with van der Waals surface area (Å²) in [5, 5.41) is 0. The highest BCUT2D eigenvalue weighted by atomic mass is 16.5. The van der Waals surface area contributed by atoms with Gasteiger partial charge in [0.25, 0.3) is 0 Å². The molecule has 1 amide bonds. The highest BCUT2D eigenvalue weighted by molar-refractivity contribution is 5.75. The van der Waals surface area contributed by atoms with Gasteiger partial charge in [-0.15, -0.1) is 0 Å². The molecule has 146 valence electrons. The number of ether oxygens (including phenoxy) is 2. The molecular formula is C20H33N3O3. The van der Waals surface area contributed by atoms with Crippen molar-refractivity contribution in [1.29, 1.82) is 0 Å². The molecule has 1 aromatic carbocycles. The number of carbonyl (C=O) groups excluding carboxylic acids is 1. The zero-order chi connectivity index (χ0) is 19.1. The van der Waals surface area contributed by atoms with Gasteiger partial charge in [-0.05, 0) is 38.1 Å². The average molecular weight is 364 g/mol. The van der Waals surface area contributed by atoms with E-state index in [2.05, 4.69) is 23.8 Å². The number of hydrogen-bond acceptors (Lipinski definition) is 5. The summed E-state index contributed by atoms with van der Waals surface area (Å²) in [6.45, 7) is 7.20. The van der Waals surface area contributed by atoms with Crippen LogP contribution in [-0.4, -0.2) is 81.1 Å². The Morgan fingerprint density at radius 1 is 1.15 bits per heavy atom. The van der Waals surface area contributed by atoms with E-state index in [-0.39, 0.29) is 5.91 Å². The molecule has 0 bridgehead atoms. The van der Waals surface area contributed by atoms with E-state index in [1.807, 2.05) is 25.2 Å². The molecule has 0 aliphatic carbocycles. The fraction of sp³-hybridized carbons (Fsp3) is 0.650. The van der Waals surface area contributed by atoms with Gasteiger partial charge in [0.2, 0.25) is 5.91 Å². The van der Waals surface area contributed by atoms with Crippen molar-refractivity contribution in [2.45, 2.75) is 32.4 Å². The molecule has 0 aromatic heterocycles. The van der Waals surface area contributed by atoms with Crippen LogP contribution in [0.25, 0.3) is 0 Å². The van der Waals surface area contributed by atoms with E-state index in [1.165, 1.54) is 0 Å². The van der Waals surface area contributed by atoms with E-state index in [4.69, 9.17) is 9.47 Å². The Balaban J connectivity index is 1.82. The largest absolute Gasteiger partial charge is 0.493 e. The summed E-state index contributed by atoms with van der Waals surface area (Å²) in [4.78, 5) is 19.1. The predicted molar refractivity (Wildman–Crippen MR) is 104 cm³/mol. The third-order valence-electron chi connectivity index (χ3n) is 5.23. The van der Waals surface area contributed by atoms with E-state index in [0.29, 0.717) is 30.5 Å². The first-order valence-electron chi connectivity index (χ1n) is 9.32. The predicted octanol–water partition coefficient (Wildman–Crippen LogP) is 2.08. The van der Waals surface area contributed by atoms with E-state index >= 15 is 0 Å². The minimum Gasteiger partial charge on any atom is -0.493 e. The van der Waals surface area contributed by atoms with Crippen molar-refractivity contribution < 1.29 is 14.3 Å². The summed E-state index contributed by atoms with van der Waals surface area (Å²) in [6, 6.07) is 6.22. The van der Waals surface area contributed by atoms with Crippen molar-refractivity contribution in [3.63, 3.8) is 0 Å². The van der Waals surface area contributed by atoms with Crippen LogP contribution < -0.4 is 9.47 Å². The average Bonchev–Trinajstić information content (AvgIpc) is 2.66. The van der Waals surface area contributed by atoms with Gasteiger partial charge in [-0.2, -0.15) is 0 Å². The molecule has 0 radical (unpaired) electrons.